The van der Waals surface area contributed by atoms with Gasteiger partial charge in [0.1, 0.15) is 5.01 Å². The highest BCUT2D eigenvalue weighted by Crippen LogP contribution is 2.26. The summed E-state index contributed by atoms with van der Waals surface area (Å²) in [5.41, 5.74) is 1.91. The van der Waals surface area contributed by atoms with Gasteiger partial charge in [0.05, 0.1) is 6.33 Å². The average Bonchev–Trinajstić information content (AvgIpc) is 3.45. The highest BCUT2D eigenvalue weighted by molar-refractivity contribution is 7.18. The highest BCUT2D eigenvalue weighted by atomic mass is 32.1. The van der Waals surface area contributed by atoms with Gasteiger partial charge < -0.3 is 9.88 Å². The van der Waals surface area contributed by atoms with E-state index in [2.05, 4.69) is 25.8 Å². The third kappa shape index (κ3) is 4.95. The van der Waals surface area contributed by atoms with E-state index < -0.39 is 0 Å². The van der Waals surface area contributed by atoms with Crippen LogP contribution in [0.4, 0.5) is 10.8 Å². The molecule has 2 aromatic heterocycles. The van der Waals surface area contributed by atoms with Crippen LogP contribution in [-0.4, -0.2) is 31.6 Å². The fraction of sp³-hybridized carbons (Fsp3) is 0.0952. The number of aryl methyl sites for hydroxylation is 1. The Balaban J connectivity index is 1.36. The number of nitrogens with one attached hydrogen (secondary N) is 2. The quantitative estimate of drug-likeness (QED) is 0.477. The average molecular weight is 418 g/mol. The van der Waals surface area contributed by atoms with E-state index in [1.54, 1.807) is 43.0 Å². The third-order valence-corrected chi connectivity index (χ3v) is 5.12. The summed E-state index contributed by atoms with van der Waals surface area (Å²) in [7, 11) is 0. The van der Waals surface area contributed by atoms with Gasteiger partial charge in [-0.2, -0.15) is 0 Å². The van der Waals surface area contributed by atoms with Crippen LogP contribution in [0.15, 0.2) is 73.3 Å². The second kappa shape index (κ2) is 9.10. The maximum atomic E-state index is 12.6. The fourth-order valence-electron chi connectivity index (χ4n) is 2.75. The van der Waals surface area contributed by atoms with Gasteiger partial charge in [-0.3, -0.25) is 14.9 Å². The van der Waals surface area contributed by atoms with E-state index in [1.165, 1.54) is 11.3 Å². The monoisotopic (exact) mass is 418 g/mol. The number of carbonyl (C=O) groups is 2. The highest BCUT2D eigenvalue weighted by Gasteiger charge is 2.12. The van der Waals surface area contributed by atoms with Crippen LogP contribution in [0.3, 0.4) is 0 Å². The Hall–Kier alpha value is -3.85. The molecular formula is C21H18N6O2S. The van der Waals surface area contributed by atoms with E-state index in [0.29, 0.717) is 29.3 Å². The number of amides is 2. The second-order valence-electron chi connectivity index (χ2n) is 6.41. The van der Waals surface area contributed by atoms with Crippen molar-refractivity contribution in [3.63, 3.8) is 0 Å². The van der Waals surface area contributed by atoms with Crippen LogP contribution < -0.4 is 10.6 Å². The van der Waals surface area contributed by atoms with Crippen molar-refractivity contribution >= 4 is 34.0 Å². The molecule has 4 rings (SSSR count). The molecule has 30 heavy (non-hydrogen) atoms. The molecule has 2 N–H and O–H groups in total. The molecule has 2 heterocycles. The van der Waals surface area contributed by atoms with Crippen molar-refractivity contribution in [2.45, 2.75) is 13.0 Å². The number of anilines is 2. The maximum absolute atomic E-state index is 12.6. The number of rotatable bonds is 7. The Labute approximate surface area is 176 Å². The molecule has 4 aromatic rings. The largest absolute Gasteiger partial charge is 0.337 e. The molecule has 0 aliphatic rings. The summed E-state index contributed by atoms with van der Waals surface area (Å²) in [6, 6.07) is 16.4. The molecular weight excluding hydrogens is 400 g/mol. The van der Waals surface area contributed by atoms with Crippen molar-refractivity contribution in [1.29, 1.82) is 0 Å². The van der Waals surface area contributed by atoms with Crippen molar-refractivity contribution in [3.05, 3.63) is 78.9 Å². The van der Waals surface area contributed by atoms with E-state index in [-0.39, 0.29) is 11.8 Å². The summed E-state index contributed by atoms with van der Waals surface area (Å²) in [4.78, 5) is 28.7. The Bertz CT molecular complexity index is 1140. The number of carbonyl (C=O) groups excluding carboxylic acids is 2. The molecule has 0 saturated heterocycles. The molecule has 0 fully saturated rings. The molecule has 0 bridgehead atoms. The zero-order valence-electron chi connectivity index (χ0n) is 15.9. The first kappa shape index (κ1) is 19.5. The molecule has 0 atom stereocenters. The minimum Gasteiger partial charge on any atom is -0.337 e. The number of hydrogen-bond donors (Lipinski definition) is 2. The molecule has 150 valence electrons. The van der Waals surface area contributed by atoms with E-state index in [1.807, 2.05) is 34.9 Å². The van der Waals surface area contributed by atoms with Crippen LogP contribution >= 0.6 is 11.3 Å². The maximum Gasteiger partial charge on any atom is 0.257 e. The standard InChI is InChI=1S/C21H18N6O2S/c28-18(9-11-27-12-10-22-14-27)23-17-8-4-7-16(13-17)19(29)24-21-26-25-20(30-21)15-5-2-1-3-6-15/h1-8,10,12-14H,9,11H2,(H,23,28)(H,24,26,29). The van der Waals surface area contributed by atoms with Crippen LogP contribution in [0.25, 0.3) is 10.6 Å². The van der Waals surface area contributed by atoms with Crippen LogP contribution in [0.5, 0.6) is 0 Å². The molecule has 2 aromatic carbocycles. The lowest BCUT2D eigenvalue weighted by Gasteiger charge is -2.07. The van der Waals surface area contributed by atoms with Gasteiger partial charge in [0.15, 0.2) is 0 Å². The zero-order chi connectivity index (χ0) is 20.8. The Morgan fingerprint density at radius 1 is 1.00 bits per heavy atom. The van der Waals surface area contributed by atoms with Gasteiger partial charge in [-0.25, -0.2) is 4.98 Å². The van der Waals surface area contributed by atoms with Gasteiger partial charge in [-0.15, -0.1) is 10.2 Å². The first-order chi connectivity index (χ1) is 14.7. The van der Waals surface area contributed by atoms with E-state index in [0.717, 1.165) is 10.6 Å². The lowest BCUT2D eigenvalue weighted by atomic mass is 10.2. The fourth-order valence-corrected chi connectivity index (χ4v) is 3.50. The number of hydrogen-bond acceptors (Lipinski definition) is 6. The van der Waals surface area contributed by atoms with Gasteiger partial charge in [0.2, 0.25) is 11.0 Å². The van der Waals surface area contributed by atoms with Crippen molar-refractivity contribution in [3.8, 4) is 10.6 Å². The van der Waals surface area contributed by atoms with Gasteiger partial charge in [-0.1, -0.05) is 47.7 Å². The van der Waals surface area contributed by atoms with E-state index in [4.69, 9.17) is 0 Å². The molecule has 0 aliphatic heterocycles. The number of nitrogens with zero attached hydrogens (tertiary/aromatic N) is 4. The minimum atomic E-state index is -0.319. The summed E-state index contributed by atoms with van der Waals surface area (Å²) in [6.45, 7) is 0.535. The van der Waals surface area contributed by atoms with E-state index in [9.17, 15) is 9.59 Å². The Morgan fingerprint density at radius 2 is 1.87 bits per heavy atom. The summed E-state index contributed by atoms with van der Waals surface area (Å²) >= 11 is 1.30. The first-order valence-corrected chi connectivity index (χ1v) is 10.0. The second-order valence-corrected chi connectivity index (χ2v) is 7.39. The topological polar surface area (TPSA) is 102 Å². The molecule has 9 heteroatoms. The first-order valence-electron chi connectivity index (χ1n) is 9.23. The SMILES string of the molecule is O=C(CCn1ccnc1)Nc1cccc(C(=O)Nc2nnc(-c3ccccc3)s2)c1. The molecule has 8 nitrogen and oxygen atoms in total. The van der Waals surface area contributed by atoms with Crippen molar-refractivity contribution in [1.82, 2.24) is 19.7 Å². The minimum absolute atomic E-state index is 0.141. The molecule has 0 unspecified atom stereocenters. The lowest BCUT2D eigenvalue weighted by Crippen LogP contribution is -2.15. The Kier molecular flexibility index (Phi) is 5.90. The summed E-state index contributed by atoms with van der Waals surface area (Å²) in [6.07, 6.45) is 5.43. The van der Waals surface area contributed by atoms with Gasteiger partial charge >= 0.3 is 0 Å². The van der Waals surface area contributed by atoms with Gasteiger partial charge in [0, 0.05) is 42.2 Å². The van der Waals surface area contributed by atoms with Crippen LogP contribution in [-0.2, 0) is 11.3 Å². The smallest absolute Gasteiger partial charge is 0.257 e. The predicted molar refractivity (Wildman–Crippen MR) is 115 cm³/mol. The molecule has 0 saturated carbocycles. The summed E-state index contributed by atoms with van der Waals surface area (Å²) in [5.74, 6) is -0.460. The van der Waals surface area contributed by atoms with Crippen molar-refractivity contribution < 1.29 is 9.59 Å². The third-order valence-electron chi connectivity index (χ3n) is 4.23. The van der Waals surface area contributed by atoms with Gasteiger partial charge in [0.25, 0.3) is 5.91 Å². The van der Waals surface area contributed by atoms with Crippen LogP contribution in [0, 0.1) is 0 Å². The van der Waals surface area contributed by atoms with Crippen molar-refractivity contribution in [2.75, 3.05) is 10.6 Å². The molecule has 0 aliphatic carbocycles. The zero-order valence-corrected chi connectivity index (χ0v) is 16.7. The number of aromatic nitrogens is 4. The molecule has 2 amide bonds. The van der Waals surface area contributed by atoms with Crippen LogP contribution in [0.1, 0.15) is 16.8 Å². The summed E-state index contributed by atoms with van der Waals surface area (Å²) in [5, 5.41) is 14.9. The van der Waals surface area contributed by atoms with Crippen LogP contribution in [0.2, 0.25) is 0 Å². The number of imidazole rings is 1. The molecule has 0 spiro atoms. The van der Waals surface area contributed by atoms with Crippen molar-refractivity contribution in [2.24, 2.45) is 0 Å². The van der Waals surface area contributed by atoms with Gasteiger partial charge in [-0.05, 0) is 18.2 Å². The summed E-state index contributed by atoms with van der Waals surface area (Å²) < 4.78 is 1.83. The normalized spacial score (nSPS) is 10.5. The number of benzene rings is 2. The van der Waals surface area contributed by atoms with E-state index >= 15 is 0 Å². The molecule has 0 radical (unpaired) electrons. The lowest BCUT2D eigenvalue weighted by molar-refractivity contribution is -0.116. The Morgan fingerprint density at radius 3 is 2.67 bits per heavy atom. The predicted octanol–water partition coefficient (Wildman–Crippen LogP) is 3.68.